The first kappa shape index (κ1) is 12.8. The van der Waals surface area contributed by atoms with Gasteiger partial charge in [-0.05, 0) is 26.7 Å². The number of carbonyl (C=O) groups excluding carboxylic acids is 1. The Kier molecular flexibility index (Phi) is 3.45. The average Bonchev–Trinajstić information content (AvgIpc) is 3.12. The van der Waals surface area contributed by atoms with E-state index in [-0.39, 0.29) is 17.1 Å². The van der Waals surface area contributed by atoms with Gasteiger partial charge in [-0.25, -0.2) is 8.42 Å². The quantitative estimate of drug-likeness (QED) is 0.732. The molecule has 0 radical (unpaired) electrons. The van der Waals surface area contributed by atoms with Gasteiger partial charge >= 0.3 is 0 Å². The van der Waals surface area contributed by atoms with Crippen molar-refractivity contribution in [1.29, 1.82) is 0 Å². The first-order chi connectivity index (χ1) is 7.93. The smallest absolute Gasteiger partial charge is 0.225 e. The van der Waals surface area contributed by atoms with Crippen molar-refractivity contribution in [2.45, 2.75) is 31.9 Å². The van der Waals surface area contributed by atoms with Crippen molar-refractivity contribution in [2.24, 2.45) is 5.92 Å². The SMILES string of the molecule is CC(C)S(=O)(=O)N1CCN(C(=O)C2CC2)CC1. The summed E-state index contributed by atoms with van der Waals surface area (Å²) in [4.78, 5) is 13.6. The molecule has 1 saturated heterocycles. The second-order valence-corrected chi connectivity index (χ2v) is 7.58. The minimum Gasteiger partial charge on any atom is -0.340 e. The number of hydrogen-bond donors (Lipinski definition) is 0. The zero-order valence-corrected chi connectivity index (χ0v) is 11.2. The molecule has 0 aromatic rings. The van der Waals surface area contributed by atoms with E-state index in [1.807, 2.05) is 4.90 Å². The van der Waals surface area contributed by atoms with Gasteiger partial charge in [0, 0.05) is 32.1 Å². The summed E-state index contributed by atoms with van der Waals surface area (Å²) < 4.78 is 25.4. The van der Waals surface area contributed by atoms with Crippen molar-refractivity contribution >= 4 is 15.9 Å². The van der Waals surface area contributed by atoms with E-state index in [1.54, 1.807) is 13.8 Å². The fraction of sp³-hybridized carbons (Fsp3) is 0.909. The summed E-state index contributed by atoms with van der Waals surface area (Å²) in [5.41, 5.74) is 0. The molecule has 0 bridgehead atoms. The van der Waals surface area contributed by atoms with Crippen LogP contribution in [0.3, 0.4) is 0 Å². The van der Waals surface area contributed by atoms with E-state index in [0.717, 1.165) is 12.8 Å². The molecule has 1 amide bonds. The Morgan fingerprint density at radius 3 is 2.06 bits per heavy atom. The molecule has 2 fully saturated rings. The van der Waals surface area contributed by atoms with Gasteiger partial charge in [-0.2, -0.15) is 4.31 Å². The largest absolute Gasteiger partial charge is 0.340 e. The van der Waals surface area contributed by atoms with E-state index in [9.17, 15) is 13.2 Å². The normalized spacial score (nSPS) is 23.1. The van der Waals surface area contributed by atoms with Gasteiger partial charge in [0.2, 0.25) is 15.9 Å². The first-order valence-electron chi connectivity index (χ1n) is 6.20. The Hall–Kier alpha value is -0.620. The van der Waals surface area contributed by atoms with Crippen molar-refractivity contribution in [3.05, 3.63) is 0 Å². The number of sulfonamides is 1. The highest BCUT2D eigenvalue weighted by Crippen LogP contribution is 2.31. The van der Waals surface area contributed by atoms with Crippen molar-refractivity contribution in [2.75, 3.05) is 26.2 Å². The molecular weight excluding hydrogens is 240 g/mol. The molecule has 1 aliphatic heterocycles. The molecule has 1 saturated carbocycles. The maximum Gasteiger partial charge on any atom is 0.225 e. The third-order valence-electron chi connectivity index (χ3n) is 3.43. The Morgan fingerprint density at radius 1 is 1.12 bits per heavy atom. The molecule has 5 nitrogen and oxygen atoms in total. The van der Waals surface area contributed by atoms with Crippen LogP contribution in [0.25, 0.3) is 0 Å². The van der Waals surface area contributed by atoms with Crippen molar-refractivity contribution in [1.82, 2.24) is 9.21 Å². The lowest BCUT2D eigenvalue weighted by Crippen LogP contribution is -2.52. The lowest BCUT2D eigenvalue weighted by atomic mass is 10.3. The van der Waals surface area contributed by atoms with Gasteiger partial charge in [0.05, 0.1) is 5.25 Å². The van der Waals surface area contributed by atoms with Gasteiger partial charge in [-0.1, -0.05) is 0 Å². The van der Waals surface area contributed by atoms with Crippen LogP contribution < -0.4 is 0 Å². The molecule has 17 heavy (non-hydrogen) atoms. The number of carbonyl (C=O) groups is 1. The minimum absolute atomic E-state index is 0.214. The van der Waals surface area contributed by atoms with Gasteiger partial charge in [-0.3, -0.25) is 4.79 Å². The van der Waals surface area contributed by atoms with E-state index in [1.165, 1.54) is 4.31 Å². The van der Waals surface area contributed by atoms with E-state index < -0.39 is 10.0 Å². The Morgan fingerprint density at radius 2 is 1.65 bits per heavy atom. The molecule has 0 aromatic carbocycles. The van der Waals surface area contributed by atoms with Crippen LogP contribution >= 0.6 is 0 Å². The average molecular weight is 260 g/mol. The van der Waals surface area contributed by atoms with E-state index >= 15 is 0 Å². The summed E-state index contributed by atoms with van der Waals surface area (Å²) in [6.07, 6.45) is 2.01. The number of hydrogen-bond acceptors (Lipinski definition) is 3. The minimum atomic E-state index is -3.16. The van der Waals surface area contributed by atoms with Crippen LogP contribution in [0, 0.1) is 5.92 Å². The number of rotatable bonds is 3. The Balaban J connectivity index is 1.91. The Bertz CT molecular complexity index is 393. The summed E-state index contributed by atoms with van der Waals surface area (Å²) in [7, 11) is -3.16. The summed E-state index contributed by atoms with van der Waals surface area (Å²) >= 11 is 0. The summed E-state index contributed by atoms with van der Waals surface area (Å²) in [5, 5.41) is -0.381. The van der Waals surface area contributed by atoms with Crippen molar-refractivity contribution in [3.63, 3.8) is 0 Å². The van der Waals surface area contributed by atoms with Gasteiger partial charge in [-0.15, -0.1) is 0 Å². The molecule has 0 spiro atoms. The molecule has 2 aliphatic rings. The highest BCUT2D eigenvalue weighted by molar-refractivity contribution is 7.89. The number of piperazine rings is 1. The molecule has 0 N–H and O–H groups in total. The third-order valence-corrected chi connectivity index (χ3v) is 5.71. The standard InChI is InChI=1S/C11H20N2O3S/c1-9(2)17(15,16)13-7-5-12(6-8-13)11(14)10-3-4-10/h9-10H,3-8H2,1-2H3. The number of nitrogens with zero attached hydrogens (tertiary/aromatic N) is 2. The molecule has 1 aliphatic carbocycles. The van der Waals surface area contributed by atoms with Crippen LogP contribution in [0.15, 0.2) is 0 Å². The van der Waals surface area contributed by atoms with E-state index in [4.69, 9.17) is 0 Å². The monoisotopic (exact) mass is 260 g/mol. The molecular formula is C11H20N2O3S. The lowest BCUT2D eigenvalue weighted by molar-refractivity contribution is -0.133. The summed E-state index contributed by atoms with van der Waals surface area (Å²) in [5.74, 6) is 0.440. The van der Waals surface area contributed by atoms with Crippen LogP contribution in [0.2, 0.25) is 0 Å². The van der Waals surface area contributed by atoms with Crippen LogP contribution in [0.4, 0.5) is 0 Å². The molecule has 0 atom stereocenters. The molecule has 1 heterocycles. The maximum absolute atomic E-state index is 11.9. The van der Waals surface area contributed by atoms with Crippen LogP contribution in [0.1, 0.15) is 26.7 Å². The van der Waals surface area contributed by atoms with Gasteiger partial charge in [0.25, 0.3) is 0 Å². The fourth-order valence-electron chi connectivity index (χ4n) is 2.05. The van der Waals surface area contributed by atoms with E-state index in [0.29, 0.717) is 26.2 Å². The molecule has 6 heteroatoms. The van der Waals surface area contributed by atoms with Crippen LogP contribution in [-0.4, -0.2) is 55.0 Å². The second kappa shape index (κ2) is 4.57. The molecule has 2 rings (SSSR count). The highest BCUT2D eigenvalue weighted by atomic mass is 32.2. The predicted octanol–water partition coefficient (Wildman–Crippen LogP) is 0.279. The van der Waals surface area contributed by atoms with Gasteiger partial charge < -0.3 is 4.90 Å². The maximum atomic E-state index is 11.9. The van der Waals surface area contributed by atoms with Crippen LogP contribution in [0.5, 0.6) is 0 Å². The van der Waals surface area contributed by atoms with Crippen LogP contribution in [-0.2, 0) is 14.8 Å². The first-order valence-corrected chi connectivity index (χ1v) is 7.71. The predicted molar refractivity (Wildman–Crippen MR) is 64.9 cm³/mol. The highest BCUT2D eigenvalue weighted by Gasteiger charge is 2.36. The van der Waals surface area contributed by atoms with Gasteiger partial charge in [0.15, 0.2) is 0 Å². The third kappa shape index (κ3) is 2.63. The molecule has 0 unspecified atom stereocenters. The van der Waals surface area contributed by atoms with Crippen molar-refractivity contribution < 1.29 is 13.2 Å². The van der Waals surface area contributed by atoms with Gasteiger partial charge in [0.1, 0.15) is 0 Å². The molecule has 0 aromatic heterocycles. The number of amides is 1. The topological polar surface area (TPSA) is 57.7 Å². The zero-order chi connectivity index (χ0) is 12.6. The second-order valence-electron chi connectivity index (χ2n) is 5.09. The van der Waals surface area contributed by atoms with E-state index in [2.05, 4.69) is 0 Å². The fourth-order valence-corrected chi connectivity index (χ4v) is 3.32. The summed E-state index contributed by atoms with van der Waals surface area (Å²) in [6, 6.07) is 0. The van der Waals surface area contributed by atoms with Crippen molar-refractivity contribution in [3.8, 4) is 0 Å². The lowest BCUT2D eigenvalue weighted by Gasteiger charge is -2.35. The zero-order valence-electron chi connectivity index (χ0n) is 10.4. The molecule has 98 valence electrons. The Labute approximate surface area is 103 Å². The summed E-state index contributed by atoms with van der Waals surface area (Å²) in [6.45, 7) is 5.36.